The highest BCUT2D eigenvalue weighted by atomic mass is 32.7. The smallest absolute Gasteiger partial charge is 0.0343 e. The molecule has 0 saturated carbocycles. The SMILES string of the molecule is C=CCC(C=C)NC(C(=C)C)C(C)(C)CNPSCCNC. The second-order valence-corrected chi connectivity index (χ2v) is 8.94. The van der Waals surface area contributed by atoms with Crippen LogP contribution >= 0.6 is 19.3 Å². The quantitative estimate of drug-likeness (QED) is 0.255. The third kappa shape index (κ3) is 9.12. The first-order chi connectivity index (χ1) is 10.4. The van der Waals surface area contributed by atoms with E-state index in [1.807, 2.05) is 30.6 Å². The predicted octanol–water partition coefficient (Wildman–Crippen LogP) is 3.73. The van der Waals surface area contributed by atoms with Crippen LogP contribution < -0.4 is 15.7 Å². The molecule has 0 bridgehead atoms. The minimum Gasteiger partial charge on any atom is -0.319 e. The summed E-state index contributed by atoms with van der Waals surface area (Å²) in [5, 5.41) is 10.4. The zero-order valence-electron chi connectivity index (χ0n) is 14.7. The molecule has 128 valence electrons. The molecule has 0 amide bonds. The summed E-state index contributed by atoms with van der Waals surface area (Å²) in [6.07, 6.45) is 4.77. The molecule has 3 unspecified atom stereocenters. The van der Waals surface area contributed by atoms with Crippen LogP contribution in [-0.4, -0.2) is 38.0 Å². The highest BCUT2D eigenvalue weighted by Crippen LogP contribution is 2.30. The van der Waals surface area contributed by atoms with Crippen molar-refractivity contribution in [2.75, 3.05) is 25.9 Å². The molecule has 0 aromatic carbocycles. The second kappa shape index (κ2) is 12.3. The molecule has 3 atom stereocenters. The zero-order chi connectivity index (χ0) is 17.0. The molecule has 22 heavy (non-hydrogen) atoms. The van der Waals surface area contributed by atoms with Crippen LogP contribution in [0.5, 0.6) is 0 Å². The van der Waals surface area contributed by atoms with Gasteiger partial charge in [0, 0.05) is 38.9 Å². The fourth-order valence-corrected chi connectivity index (χ4v) is 4.46. The first-order valence-electron chi connectivity index (χ1n) is 7.78. The molecule has 0 heterocycles. The van der Waals surface area contributed by atoms with E-state index >= 15 is 0 Å². The molecule has 0 aliphatic carbocycles. The van der Waals surface area contributed by atoms with Gasteiger partial charge in [0.25, 0.3) is 0 Å². The summed E-state index contributed by atoms with van der Waals surface area (Å²) in [5.74, 6) is 1.14. The lowest BCUT2D eigenvalue weighted by molar-refractivity contribution is 0.264. The average molecular weight is 344 g/mol. The number of hydrogen-bond acceptors (Lipinski definition) is 4. The Balaban J connectivity index is 4.46. The van der Waals surface area contributed by atoms with Crippen molar-refractivity contribution in [2.45, 2.75) is 39.3 Å². The van der Waals surface area contributed by atoms with E-state index in [0.29, 0.717) is 0 Å². The molecule has 3 N–H and O–H groups in total. The van der Waals surface area contributed by atoms with Gasteiger partial charge >= 0.3 is 0 Å². The normalized spacial score (nSPS) is 14.9. The van der Waals surface area contributed by atoms with E-state index in [0.717, 1.165) is 38.8 Å². The average Bonchev–Trinajstić information content (AvgIpc) is 2.46. The minimum atomic E-state index is 0.0881. The van der Waals surface area contributed by atoms with Crippen molar-refractivity contribution in [3.63, 3.8) is 0 Å². The third-order valence-electron chi connectivity index (χ3n) is 3.50. The molecule has 0 radical (unpaired) electrons. The van der Waals surface area contributed by atoms with Gasteiger partial charge in [-0.05, 0) is 25.8 Å². The molecule has 0 aromatic heterocycles. The fraction of sp³-hybridized carbons (Fsp3) is 0.647. The topological polar surface area (TPSA) is 36.1 Å². The Hall–Kier alpha value is -0.120. The van der Waals surface area contributed by atoms with E-state index < -0.39 is 0 Å². The first kappa shape index (κ1) is 21.9. The van der Waals surface area contributed by atoms with E-state index in [4.69, 9.17) is 0 Å². The molecular formula is C17H34N3PS. The molecule has 0 aliphatic heterocycles. The molecule has 3 nitrogen and oxygen atoms in total. The monoisotopic (exact) mass is 343 g/mol. The van der Waals surface area contributed by atoms with Crippen LogP contribution in [0.4, 0.5) is 0 Å². The van der Waals surface area contributed by atoms with Gasteiger partial charge in [0.05, 0.1) is 0 Å². The van der Waals surface area contributed by atoms with Crippen LogP contribution in [0.2, 0.25) is 0 Å². The molecule has 0 saturated heterocycles. The zero-order valence-corrected chi connectivity index (χ0v) is 16.5. The van der Waals surface area contributed by atoms with Gasteiger partial charge in [-0.3, -0.25) is 5.09 Å². The van der Waals surface area contributed by atoms with Gasteiger partial charge in [0.2, 0.25) is 0 Å². The molecule has 0 aliphatic rings. The standard InChI is InChI=1S/C17H34N3PS/c1-8-10-15(9-2)20-16(14(3)4)17(5,6)13-19-21-22-12-11-18-7/h8-9,15-16,18-21H,1-3,10-13H2,4-7H3. The number of rotatable bonds is 14. The van der Waals surface area contributed by atoms with Gasteiger partial charge in [-0.25, -0.2) is 0 Å². The molecule has 5 heteroatoms. The Labute approximate surface area is 143 Å². The number of hydrogen-bond donors (Lipinski definition) is 3. The summed E-state index contributed by atoms with van der Waals surface area (Å²) in [6.45, 7) is 20.6. The van der Waals surface area contributed by atoms with Gasteiger partial charge in [0.1, 0.15) is 0 Å². The van der Waals surface area contributed by atoms with Gasteiger partial charge < -0.3 is 10.6 Å². The van der Waals surface area contributed by atoms with E-state index in [1.54, 1.807) is 0 Å². The van der Waals surface area contributed by atoms with Crippen molar-refractivity contribution in [3.05, 3.63) is 37.5 Å². The van der Waals surface area contributed by atoms with Crippen LogP contribution in [0.3, 0.4) is 0 Å². The largest absolute Gasteiger partial charge is 0.319 e. The van der Waals surface area contributed by atoms with Gasteiger partial charge in [-0.15, -0.1) is 24.5 Å². The highest BCUT2D eigenvalue weighted by molar-refractivity contribution is 8.49. The summed E-state index contributed by atoms with van der Waals surface area (Å²) in [4.78, 5) is 0. The Morgan fingerprint density at radius 2 is 2.05 bits per heavy atom. The lowest BCUT2D eigenvalue weighted by atomic mass is 9.80. The number of nitrogens with one attached hydrogen (secondary N) is 3. The van der Waals surface area contributed by atoms with Gasteiger partial charge in [0.15, 0.2) is 0 Å². The van der Waals surface area contributed by atoms with Crippen LogP contribution in [0.1, 0.15) is 27.2 Å². The predicted molar refractivity (Wildman–Crippen MR) is 107 cm³/mol. The van der Waals surface area contributed by atoms with Crippen LogP contribution in [0.15, 0.2) is 37.5 Å². The van der Waals surface area contributed by atoms with Crippen molar-refractivity contribution < 1.29 is 0 Å². The lowest BCUT2D eigenvalue weighted by Crippen LogP contribution is -2.50. The van der Waals surface area contributed by atoms with Gasteiger partial charge in [-0.2, -0.15) is 0 Å². The molecular weight excluding hydrogens is 309 g/mol. The summed E-state index contributed by atoms with van der Waals surface area (Å²) in [6, 6.07) is 0.487. The maximum Gasteiger partial charge on any atom is 0.0343 e. The van der Waals surface area contributed by atoms with Crippen molar-refractivity contribution in [3.8, 4) is 0 Å². The van der Waals surface area contributed by atoms with E-state index in [2.05, 4.69) is 56.2 Å². The van der Waals surface area contributed by atoms with E-state index in [-0.39, 0.29) is 17.5 Å². The molecule has 0 aromatic rings. The van der Waals surface area contributed by atoms with Crippen molar-refractivity contribution in [1.29, 1.82) is 0 Å². The fourth-order valence-electron chi connectivity index (χ4n) is 2.28. The summed E-state index contributed by atoms with van der Waals surface area (Å²) in [7, 11) is 2.72. The van der Waals surface area contributed by atoms with Crippen LogP contribution in [-0.2, 0) is 0 Å². The maximum atomic E-state index is 4.18. The second-order valence-electron chi connectivity index (χ2n) is 6.21. The Bertz CT molecular complexity index is 345. The summed E-state index contributed by atoms with van der Waals surface area (Å²) in [5.41, 5.74) is 1.25. The Morgan fingerprint density at radius 3 is 2.55 bits per heavy atom. The maximum absolute atomic E-state index is 4.18. The van der Waals surface area contributed by atoms with Crippen molar-refractivity contribution in [2.24, 2.45) is 5.41 Å². The summed E-state index contributed by atoms with van der Waals surface area (Å²) >= 11 is 1.95. The lowest BCUT2D eigenvalue weighted by Gasteiger charge is -2.38. The van der Waals surface area contributed by atoms with Crippen LogP contribution in [0.25, 0.3) is 0 Å². The summed E-state index contributed by atoms with van der Waals surface area (Å²) < 4.78 is 0. The highest BCUT2D eigenvalue weighted by Gasteiger charge is 2.30. The third-order valence-corrected chi connectivity index (χ3v) is 5.85. The molecule has 0 rings (SSSR count). The van der Waals surface area contributed by atoms with Crippen molar-refractivity contribution >= 4 is 19.3 Å². The minimum absolute atomic E-state index is 0.0881. The Kier molecular flexibility index (Phi) is 12.3. The molecule has 0 spiro atoms. The van der Waals surface area contributed by atoms with E-state index in [9.17, 15) is 0 Å². The van der Waals surface area contributed by atoms with Crippen molar-refractivity contribution in [1.82, 2.24) is 15.7 Å². The van der Waals surface area contributed by atoms with Gasteiger partial charge in [-0.1, -0.05) is 38.2 Å². The van der Waals surface area contributed by atoms with E-state index in [1.165, 1.54) is 0 Å². The van der Waals surface area contributed by atoms with Crippen LogP contribution in [0, 0.1) is 5.41 Å². The molecule has 0 fully saturated rings. The Morgan fingerprint density at radius 1 is 1.36 bits per heavy atom. The first-order valence-corrected chi connectivity index (χ1v) is 10.5.